The summed E-state index contributed by atoms with van der Waals surface area (Å²) in [6, 6.07) is 18.1. The van der Waals surface area contributed by atoms with E-state index >= 15 is 0 Å². The quantitative estimate of drug-likeness (QED) is 0.404. The van der Waals surface area contributed by atoms with Crippen molar-refractivity contribution >= 4 is 35.5 Å². The molecule has 0 unspecified atom stereocenters. The predicted molar refractivity (Wildman–Crippen MR) is 123 cm³/mol. The predicted octanol–water partition coefficient (Wildman–Crippen LogP) is 5.44. The summed E-state index contributed by atoms with van der Waals surface area (Å²) in [5.41, 5.74) is 9.13. The van der Waals surface area contributed by atoms with E-state index in [2.05, 4.69) is 46.3 Å². The highest BCUT2D eigenvalue weighted by atomic mass is 35.5. The first-order valence-electron chi connectivity index (χ1n) is 9.34. The number of carbonyl (C=O) groups excluding carboxylic acids is 1. The maximum absolute atomic E-state index is 12.0. The zero-order valence-electron chi connectivity index (χ0n) is 16.8. The second kappa shape index (κ2) is 9.81. The molecule has 1 N–H and O–H groups in total. The first-order chi connectivity index (χ1) is 13.9. The molecule has 1 aromatic heterocycles. The highest BCUT2D eigenvalue weighted by Gasteiger charge is 2.10. The number of nitrogens with one attached hydrogen (secondary N) is 1. The van der Waals surface area contributed by atoms with Crippen molar-refractivity contribution in [2.75, 3.05) is 5.75 Å². The normalized spacial score (nSPS) is 11.2. The van der Waals surface area contributed by atoms with Crippen LogP contribution in [0.15, 0.2) is 59.7 Å². The number of hydrazone groups is 1. The first kappa shape index (κ1) is 21.2. The Bertz CT molecular complexity index is 1030. The molecule has 0 saturated carbocycles. The Labute approximate surface area is 181 Å². The molecule has 0 saturated heterocycles. The largest absolute Gasteiger partial charge is 0.318 e. The molecule has 1 heterocycles. The lowest BCUT2D eigenvalue weighted by atomic mass is 10.2. The van der Waals surface area contributed by atoms with E-state index in [1.807, 2.05) is 44.2 Å². The Hall–Kier alpha value is -2.50. The summed E-state index contributed by atoms with van der Waals surface area (Å²) in [6.07, 6.45) is 1.69. The van der Waals surface area contributed by atoms with Crippen LogP contribution in [0.25, 0.3) is 5.69 Å². The van der Waals surface area contributed by atoms with Gasteiger partial charge in [-0.3, -0.25) is 4.79 Å². The summed E-state index contributed by atoms with van der Waals surface area (Å²) in [4.78, 5) is 12.0. The second-order valence-corrected chi connectivity index (χ2v) is 8.34. The van der Waals surface area contributed by atoms with Gasteiger partial charge in [0.25, 0.3) is 0 Å². The summed E-state index contributed by atoms with van der Waals surface area (Å²) >= 11 is 7.70. The summed E-state index contributed by atoms with van der Waals surface area (Å²) < 4.78 is 2.12. The topological polar surface area (TPSA) is 46.4 Å². The first-order valence-corrected chi connectivity index (χ1v) is 10.9. The van der Waals surface area contributed by atoms with Crippen molar-refractivity contribution < 1.29 is 4.79 Å². The Morgan fingerprint density at radius 3 is 2.62 bits per heavy atom. The third-order valence-electron chi connectivity index (χ3n) is 4.55. The molecule has 0 aliphatic heterocycles. The summed E-state index contributed by atoms with van der Waals surface area (Å²) in [6.45, 7) is 6.12. The van der Waals surface area contributed by atoms with Crippen molar-refractivity contribution in [3.8, 4) is 5.69 Å². The van der Waals surface area contributed by atoms with E-state index in [1.54, 1.807) is 18.0 Å². The number of halogens is 1. The number of benzene rings is 2. The number of hydrogen-bond acceptors (Lipinski definition) is 3. The van der Waals surface area contributed by atoms with Gasteiger partial charge in [-0.1, -0.05) is 47.5 Å². The summed E-state index contributed by atoms with van der Waals surface area (Å²) in [7, 11) is 0. The van der Waals surface area contributed by atoms with E-state index in [9.17, 15) is 4.79 Å². The molecule has 6 heteroatoms. The van der Waals surface area contributed by atoms with Crippen LogP contribution in [-0.2, 0) is 10.5 Å². The average Bonchev–Trinajstić information content (AvgIpc) is 2.97. The van der Waals surface area contributed by atoms with Gasteiger partial charge in [0, 0.05) is 33.4 Å². The zero-order valence-corrected chi connectivity index (χ0v) is 18.3. The van der Waals surface area contributed by atoms with Crippen LogP contribution in [0, 0.1) is 20.8 Å². The van der Waals surface area contributed by atoms with Crippen molar-refractivity contribution in [2.45, 2.75) is 26.5 Å². The molecular weight excluding hydrogens is 402 g/mol. The lowest BCUT2D eigenvalue weighted by Gasteiger charge is -2.09. The average molecular weight is 426 g/mol. The number of carbonyl (C=O) groups is 1. The molecule has 3 rings (SSSR count). The monoisotopic (exact) mass is 425 g/mol. The Morgan fingerprint density at radius 1 is 1.14 bits per heavy atom. The van der Waals surface area contributed by atoms with E-state index in [-0.39, 0.29) is 5.91 Å². The highest BCUT2D eigenvalue weighted by Crippen LogP contribution is 2.22. The fourth-order valence-electron chi connectivity index (χ4n) is 3.08. The summed E-state index contributed by atoms with van der Waals surface area (Å²) in [5, 5.41) is 4.82. The number of nitrogens with zero attached hydrogens (tertiary/aromatic N) is 2. The molecule has 0 atom stereocenters. The maximum atomic E-state index is 12.0. The van der Waals surface area contributed by atoms with Gasteiger partial charge < -0.3 is 4.57 Å². The van der Waals surface area contributed by atoms with Gasteiger partial charge in [0.1, 0.15) is 0 Å². The van der Waals surface area contributed by atoms with E-state index < -0.39 is 0 Å². The number of aryl methyl sites for hydroxylation is 2. The number of rotatable bonds is 7. The highest BCUT2D eigenvalue weighted by molar-refractivity contribution is 7.99. The molecule has 3 aromatic rings. The van der Waals surface area contributed by atoms with Crippen LogP contribution in [0.2, 0.25) is 5.02 Å². The maximum Gasteiger partial charge on any atom is 0.250 e. The molecule has 0 spiro atoms. The molecule has 0 aliphatic rings. The van der Waals surface area contributed by atoms with E-state index in [0.717, 1.165) is 28.4 Å². The number of thioether (sulfide) groups is 1. The van der Waals surface area contributed by atoms with Gasteiger partial charge >= 0.3 is 0 Å². The molecular formula is C23H24ClN3OS. The zero-order chi connectivity index (χ0) is 20.8. The molecule has 1 amide bonds. The van der Waals surface area contributed by atoms with Crippen LogP contribution >= 0.6 is 23.4 Å². The Kier molecular flexibility index (Phi) is 7.18. The van der Waals surface area contributed by atoms with Crippen LogP contribution in [0.3, 0.4) is 0 Å². The molecule has 0 fully saturated rings. The van der Waals surface area contributed by atoms with E-state index in [0.29, 0.717) is 10.8 Å². The van der Waals surface area contributed by atoms with Crippen LogP contribution in [0.1, 0.15) is 28.1 Å². The molecule has 29 heavy (non-hydrogen) atoms. The molecule has 0 radical (unpaired) electrons. The minimum absolute atomic E-state index is 0.109. The SMILES string of the molecule is Cc1ccc(CSCC(=O)N/N=C\c2cc(C)n(-c3cccc(Cl)c3)c2C)cc1. The van der Waals surface area contributed by atoms with Crippen molar-refractivity contribution in [2.24, 2.45) is 5.10 Å². The molecule has 4 nitrogen and oxygen atoms in total. The Balaban J connectivity index is 1.55. The third kappa shape index (κ3) is 5.75. The minimum Gasteiger partial charge on any atom is -0.318 e. The molecule has 0 bridgehead atoms. The number of aromatic nitrogens is 1. The smallest absolute Gasteiger partial charge is 0.250 e. The number of amides is 1. The van der Waals surface area contributed by atoms with Crippen LogP contribution in [0.4, 0.5) is 0 Å². The van der Waals surface area contributed by atoms with Gasteiger partial charge in [-0.2, -0.15) is 5.10 Å². The van der Waals surface area contributed by atoms with Gasteiger partial charge in [-0.15, -0.1) is 11.8 Å². The molecule has 0 aliphatic carbocycles. The summed E-state index contributed by atoms with van der Waals surface area (Å²) in [5.74, 6) is 1.06. The second-order valence-electron chi connectivity index (χ2n) is 6.91. The number of hydrogen-bond donors (Lipinski definition) is 1. The lowest BCUT2D eigenvalue weighted by molar-refractivity contribution is -0.118. The standard InChI is InChI=1S/C23H24ClN3OS/c1-16-7-9-19(10-8-16)14-29-15-23(28)26-25-13-20-11-17(2)27(18(20)3)22-6-4-5-21(24)12-22/h4-13H,14-15H2,1-3H3,(H,26,28)/b25-13-. The molecule has 2 aromatic carbocycles. The van der Waals surface area contributed by atoms with Crippen LogP contribution in [0.5, 0.6) is 0 Å². The van der Waals surface area contributed by atoms with Gasteiger partial charge in [0.05, 0.1) is 12.0 Å². The van der Waals surface area contributed by atoms with E-state index in [4.69, 9.17) is 11.6 Å². The van der Waals surface area contributed by atoms with E-state index in [1.165, 1.54) is 11.1 Å². The molecule has 150 valence electrons. The van der Waals surface area contributed by atoms with Crippen molar-refractivity contribution in [3.05, 3.63) is 87.7 Å². The fraction of sp³-hybridized carbons (Fsp3) is 0.217. The van der Waals surface area contributed by atoms with Crippen LogP contribution in [-0.4, -0.2) is 22.4 Å². The minimum atomic E-state index is -0.109. The Morgan fingerprint density at radius 2 is 1.90 bits per heavy atom. The lowest BCUT2D eigenvalue weighted by Crippen LogP contribution is -2.19. The van der Waals surface area contributed by atoms with Gasteiger partial charge in [0.2, 0.25) is 5.91 Å². The van der Waals surface area contributed by atoms with Crippen molar-refractivity contribution in [1.29, 1.82) is 0 Å². The third-order valence-corrected chi connectivity index (χ3v) is 5.79. The van der Waals surface area contributed by atoms with Crippen molar-refractivity contribution in [3.63, 3.8) is 0 Å². The van der Waals surface area contributed by atoms with Crippen LogP contribution < -0.4 is 5.43 Å². The fourth-order valence-corrected chi connectivity index (χ4v) is 4.05. The van der Waals surface area contributed by atoms with Gasteiger partial charge in [-0.25, -0.2) is 5.43 Å². The van der Waals surface area contributed by atoms with Gasteiger partial charge in [0.15, 0.2) is 0 Å². The van der Waals surface area contributed by atoms with Gasteiger partial charge in [-0.05, 0) is 50.6 Å². The van der Waals surface area contributed by atoms with Crippen molar-refractivity contribution in [1.82, 2.24) is 9.99 Å².